The predicted molar refractivity (Wildman–Crippen MR) is 141 cm³/mol. The summed E-state index contributed by atoms with van der Waals surface area (Å²) in [6.07, 6.45) is -4.11. The van der Waals surface area contributed by atoms with E-state index in [-0.39, 0.29) is 12.1 Å². The van der Waals surface area contributed by atoms with Crippen LogP contribution in [0.1, 0.15) is 29.7 Å². The molecule has 0 bridgehead atoms. The van der Waals surface area contributed by atoms with Crippen molar-refractivity contribution in [1.82, 2.24) is 15.1 Å². The van der Waals surface area contributed by atoms with Crippen LogP contribution in [0.5, 0.6) is 0 Å². The third-order valence-corrected chi connectivity index (χ3v) is 6.39. The predicted octanol–water partition coefficient (Wildman–Crippen LogP) is 4.28. The fourth-order valence-corrected chi connectivity index (χ4v) is 4.52. The van der Waals surface area contributed by atoms with Gasteiger partial charge in [-0.15, -0.1) is 0 Å². The van der Waals surface area contributed by atoms with Crippen molar-refractivity contribution in [2.45, 2.75) is 31.6 Å². The van der Waals surface area contributed by atoms with E-state index in [4.69, 9.17) is 0 Å². The molecule has 0 saturated carbocycles. The molecule has 3 aromatic carbocycles. The molecule has 0 spiro atoms. The average Bonchev–Trinajstić information content (AvgIpc) is 2.94. The lowest BCUT2D eigenvalue weighted by Crippen LogP contribution is -2.53. The van der Waals surface area contributed by atoms with E-state index < -0.39 is 48.3 Å². The Morgan fingerprint density at radius 3 is 1.98 bits per heavy atom. The van der Waals surface area contributed by atoms with Crippen molar-refractivity contribution >= 4 is 29.2 Å². The van der Waals surface area contributed by atoms with Gasteiger partial charge < -0.3 is 10.2 Å². The molecule has 7 nitrogen and oxygen atoms in total. The first kappa shape index (κ1) is 28.3. The van der Waals surface area contributed by atoms with E-state index in [0.29, 0.717) is 16.7 Å². The second-order valence-corrected chi connectivity index (χ2v) is 9.22. The minimum atomic E-state index is -5.18. The van der Waals surface area contributed by atoms with Gasteiger partial charge in [-0.1, -0.05) is 91.0 Å². The molecule has 0 aliphatic carbocycles. The summed E-state index contributed by atoms with van der Waals surface area (Å²) in [4.78, 5) is 54.3. The van der Waals surface area contributed by atoms with Gasteiger partial charge >= 0.3 is 6.18 Å². The maximum atomic E-state index is 13.9. The van der Waals surface area contributed by atoms with E-state index in [2.05, 4.69) is 5.32 Å². The highest BCUT2D eigenvalue weighted by Crippen LogP contribution is 2.34. The molecule has 1 aliphatic heterocycles. The number of alkyl halides is 3. The number of nitrogens with zero attached hydrogens (tertiary/aromatic N) is 2. The number of nitrogens with one attached hydrogen (secondary N) is 1. The summed E-state index contributed by atoms with van der Waals surface area (Å²) < 4.78 is 40.2. The molecule has 0 unspecified atom stereocenters. The molecule has 10 heteroatoms. The van der Waals surface area contributed by atoms with E-state index in [1.165, 1.54) is 18.0 Å². The molecular formula is C30H26F3N3O4. The highest BCUT2D eigenvalue weighted by molar-refractivity contribution is 6.00. The number of Topliss-reactive ketones (excluding diaryl/α,β-unsaturated/α-hetero) is 1. The molecule has 40 heavy (non-hydrogen) atoms. The summed E-state index contributed by atoms with van der Waals surface area (Å²) in [6, 6.07) is 22.0. The Morgan fingerprint density at radius 2 is 1.43 bits per heavy atom. The first-order valence-corrected chi connectivity index (χ1v) is 12.4. The van der Waals surface area contributed by atoms with Crippen molar-refractivity contribution in [3.05, 3.63) is 114 Å². The first-order valence-electron chi connectivity index (χ1n) is 12.4. The van der Waals surface area contributed by atoms with Crippen LogP contribution in [0.2, 0.25) is 0 Å². The van der Waals surface area contributed by atoms with Crippen LogP contribution >= 0.6 is 0 Å². The zero-order chi connectivity index (χ0) is 28.9. The Bertz CT molecular complexity index is 1410. The van der Waals surface area contributed by atoms with Gasteiger partial charge in [0.1, 0.15) is 18.6 Å². The van der Waals surface area contributed by atoms with E-state index in [1.54, 1.807) is 91.0 Å². The molecule has 2 atom stereocenters. The minimum absolute atomic E-state index is 0.213. The molecule has 1 heterocycles. The van der Waals surface area contributed by atoms with Gasteiger partial charge in [0, 0.05) is 19.5 Å². The number of amides is 3. The van der Waals surface area contributed by atoms with Crippen LogP contribution in [0.25, 0.3) is 5.70 Å². The van der Waals surface area contributed by atoms with Gasteiger partial charge in [-0.05, 0) is 16.7 Å². The SMILES string of the molecule is CC(=O)N1C=C(c2ccccc2)N(CC(=O)N[C@@H](Cc2ccccc2)C(=O)C(F)(F)F)C(=O)[C@@H]1c1ccccc1. The normalized spacial score (nSPS) is 16.2. The average molecular weight is 550 g/mol. The Hall–Kier alpha value is -4.73. The number of carbonyl (C=O) groups excluding carboxylic acids is 4. The largest absolute Gasteiger partial charge is 0.452 e. The summed E-state index contributed by atoms with van der Waals surface area (Å²) in [6.45, 7) is 0.632. The van der Waals surface area contributed by atoms with Crippen LogP contribution in [0.15, 0.2) is 97.2 Å². The van der Waals surface area contributed by atoms with Crippen LogP contribution in [0, 0.1) is 0 Å². The van der Waals surface area contributed by atoms with E-state index in [0.717, 1.165) is 4.90 Å². The van der Waals surface area contributed by atoms with Gasteiger partial charge in [-0.25, -0.2) is 0 Å². The molecule has 4 rings (SSSR count). The van der Waals surface area contributed by atoms with Crippen molar-refractivity contribution in [3.63, 3.8) is 0 Å². The molecular weight excluding hydrogens is 523 g/mol. The van der Waals surface area contributed by atoms with Crippen LogP contribution in [0.4, 0.5) is 13.2 Å². The van der Waals surface area contributed by atoms with Crippen molar-refractivity contribution < 1.29 is 32.3 Å². The van der Waals surface area contributed by atoms with Crippen molar-refractivity contribution in [3.8, 4) is 0 Å². The molecule has 0 saturated heterocycles. The number of halogens is 3. The Labute approximate surface area is 228 Å². The standard InChI is InChI=1S/C30H26F3N3O4/c1-20(37)35-18-25(22-13-7-3-8-14-22)36(29(40)27(35)23-15-9-4-10-16-23)19-26(38)34-24(28(39)30(31,32)33)17-21-11-5-2-6-12-21/h2-16,18,24,27H,17,19H2,1H3,(H,34,38)/t24-,27-/m0/s1. The van der Waals surface area contributed by atoms with Gasteiger partial charge in [0.05, 0.1) is 5.70 Å². The number of hydrogen-bond acceptors (Lipinski definition) is 4. The highest BCUT2D eigenvalue weighted by Gasteiger charge is 2.45. The molecule has 206 valence electrons. The first-order chi connectivity index (χ1) is 19.1. The quantitative estimate of drug-likeness (QED) is 0.455. The zero-order valence-corrected chi connectivity index (χ0v) is 21.5. The lowest BCUT2D eigenvalue weighted by atomic mass is 9.99. The van der Waals surface area contributed by atoms with Crippen LogP contribution < -0.4 is 5.32 Å². The van der Waals surface area contributed by atoms with Crippen molar-refractivity contribution in [2.75, 3.05) is 6.54 Å². The summed E-state index contributed by atoms with van der Waals surface area (Å²) in [5, 5.41) is 2.19. The molecule has 0 radical (unpaired) electrons. The number of hydrogen-bond donors (Lipinski definition) is 1. The summed E-state index contributed by atoms with van der Waals surface area (Å²) in [5.74, 6) is -4.10. The van der Waals surface area contributed by atoms with Crippen LogP contribution in [-0.4, -0.2) is 52.1 Å². The number of benzene rings is 3. The van der Waals surface area contributed by atoms with Gasteiger partial charge in [0.25, 0.3) is 11.7 Å². The third kappa shape index (κ3) is 6.45. The molecule has 1 aliphatic rings. The maximum absolute atomic E-state index is 13.9. The minimum Gasteiger partial charge on any atom is -0.344 e. The van der Waals surface area contributed by atoms with Gasteiger partial charge in [0.2, 0.25) is 11.8 Å². The second-order valence-electron chi connectivity index (χ2n) is 9.22. The Morgan fingerprint density at radius 1 is 0.875 bits per heavy atom. The lowest BCUT2D eigenvalue weighted by Gasteiger charge is -2.39. The van der Waals surface area contributed by atoms with Crippen LogP contribution in [0.3, 0.4) is 0 Å². The summed E-state index contributed by atoms with van der Waals surface area (Å²) in [5.41, 5.74) is 1.63. The fourth-order valence-electron chi connectivity index (χ4n) is 4.52. The van der Waals surface area contributed by atoms with Gasteiger partial charge in [-0.3, -0.25) is 24.1 Å². The Balaban J connectivity index is 1.68. The molecule has 3 aromatic rings. The van der Waals surface area contributed by atoms with E-state index in [9.17, 15) is 32.3 Å². The number of carbonyl (C=O) groups is 4. The molecule has 0 fully saturated rings. The zero-order valence-electron chi connectivity index (χ0n) is 21.5. The maximum Gasteiger partial charge on any atom is 0.452 e. The third-order valence-electron chi connectivity index (χ3n) is 6.39. The smallest absolute Gasteiger partial charge is 0.344 e. The number of rotatable bonds is 8. The van der Waals surface area contributed by atoms with E-state index >= 15 is 0 Å². The Kier molecular flexibility index (Phi) is 8.47. The van der Waals surface area contributed by atoms with Crippen LogP contribution in [-0.2, 0) is 25.6 Å². The second kappa shape index (κ2) is 12.0. The lowest BCUT2D eigenvalue weighted by molar-refractivity contribution is -0.173. The summed E-state index contributed by atoms with van der Waals surface area (Å²) >= 11 is 0. The van der Waals surface area contributed by atoms with Crippen molar-refractivity contribution in [1.29, 1.82) is 0 Å². The van der Waals surface area contributed by atoms with E-state index in [1.807, 2.05) is 0 Å². The van der Waals surface area contributed by atoms with Gasteiger partial charge in [-0.2, -0.15) is 13.2 Å². The van der Waals surface area contributed by atoms with Gasteiger partial charge in [0.15, 0.2) is 0 Å². The number of ketones is 1. The highest BCUT2D eigenvalue weighted by atomic mass is 19.4. The molecule has 1 N–H and O–H groups in total. The molecule has 3 amide bonds. The summed E-state index contributed by atoms with van der Waals surface area (Å²) in [7, 11) is 0. The topological polar surface area (TPSA) is 86.8 Å². The monoisotopic (exact) mass is 549 g/mol. The fraction of sp³-hybridized carbons (Fsp3) is 0.200. The van der Waals surface area contributed by atoms with Crippen molar-refractivity contribution in [2.24, 2.45) is 0 Å². The molecule has 0 aromatic heterocycles.